The number of amides is 2. The molecule has 1 fully saturated rings. The molecule has 2 aromatic rings. The van der Waals surface area contributed by atoms with Gasteiger partial charge in [0, 0.05) is 25.3 Å². The fourth-order valence-corrected chi connectivity index (χ4v) is 2.68. The summed E-state index contributed by atoms with van der Waals surface area (Å²) in [5.74, 6) is -1.32. The Morgan fingerprint density at radius 3 is 2.65 bits per heavy atom. The third-order valence-corrected chi connectivity index (χ3v) is 4.07. The molecule has 1 aliphatic rings. The van der Waals surface area contributed by atoms with Gasteiger partial charge in [0.05, 0.1) is 18.9 Å². The van der Waals surface area contributed by atoms with E-state index >= 15 is 0 Å². The summed E-state index contributed by atoms with van der Waals surface area (Å²) < 4.78 is 7.00. The number of hydrogen-bond donors (Lipinski definition) is 2. The molecule has 0 bridgehead atoms. The first-order valence-corrected chi connectivity index (χ1v) is 8.57. The Bertz CT molecular complexity index is 728. The van der Waals surface area contributed by atoms with Gasteiger partial charge >= 0.3 is 11.8 Å². The van der Waals surface area contributed by atoms with Gasteiger partial charge in [0.1, 0.15) is 12.7 Å². The predicted octanol–water partition coefficient (Wildman–Crippen LogP) is 0.0443. The lowest BCUT2D eigenvalue weighted by Gasteiger charge is -2.26. The largest absolute Gasteiger partial charge is 0.379 e. The molecule has 0 unspecified atom stereocenters. The second-order valence-electron chi connectivity index (χ2n) is 5.94. The Labute approximate surface area is 151 Å². The summed E-state index contributed by atoms with van der Waals surface area (Å²) in [6.45, 7) is 4.68. The lowest BCUT2D eigenvalue weighted by atomic mass is 10.2. The molecule has 0 atom stereocenters. The SMILES string of the molecule is O=C(NCCCN1CCOCC1)C(=O)Nc1cccc(-n2cnnc2)c1. The molecule has 2 heterocycles. The molecule has 0 aliphatic carbocycles. The monoisotopic (exact) mass is 358 g/mol. The lowest BCUT2D eigenvalue weighted by Crippen LogP contribution is -2.39. The number of benzene rings is 1. The van der Waals surface area contributed by atoms with Crippen molar-refractivity contribution in [3.63, 3.8) is 0 Å². The minimum absolute atomic E-state index is 0.463. The molecule has 26 heavy (non-hydrogen) atoms. The summed E-state index contributed by atoms with van der Waals surface area (Å²) in [7, 11) is 0. The standard InChI is InChI=1S/C17H22N6O3/c24-16(18-5-2-6-22-7-9-26-10-8-22)17(25)21-14-3-1-4-15(11-14)23-12-19-20-13-23/h1,3-4,11-13H,2,5-10H2,(H,18,24)(H,21,25). The van der Waals surface area contributed by atoms with E-state index in [1.807, 2.05) is 6.07 Å². The molecule has 1 saturated heterocycles. The Kier molecular flexibility index (Phi) is 6.29. The zero-order valence-corrected chi connectivity index (χ0v) is 14.4. The number of nitrogens with zero attached hydrogens (tertiary/aromatic N) is 4. The first kappa shape index (κ1) is 18.0. The number of morpholine rings is 1. The number of hydrogen-bond acceptors (Lipinski definition) is 6. The normalized spacial score (nSPS) is 14.8. The van der Waals surface area contributed by atoms with Gasteiger partial charge in [-0.3, -0.25) is 19.1 Å². The van der Waals surface area contributed by atoms with E-state index in [1.54, 1.807) is 35.4 Å². The van der Waals surface area contributed by atoms with Crippen molar-refractivity contribution in [3.8, 4) is 5.69 Å². The highest BCUT2D eigenvalue weighted by Crippen LogP contribution is 2.13. The van der Waals surface area contributed by atoms with E-state index in [1.165, 1.54) is 0 Å². The number of carbonyl (C=O) groups is 2. The summed E-state index contributed by atoms with van der Waals surface area (Å²) >= 11 is 0. The van der Waals surface area contributed by atoms with E-state index in [-0.39, 0.29) is 0 Å². The van der Waals surface area contributed by atoms with E-state index in [9.17, 15) is 9.59 Å². The predicted molar refractivity (Wildman–Crippen MR) is 94.9 cm³/mol. The highest BCUT2D eigenvalue weighted by atomic mass is 16.5. The Hall–Kier alpha value is -2.78. The molecule has 2 N–H and O–H groups in total. The summed E-state index contributed by atoms with van der Waals surface area (Å²) in [6, 6.07) is 7.10. The van der Waals surface area contributed by atoms with Crippen LogP contribution in [0.5, 0.6) is 0 Å². The van der Waals surface area contributed by atoms with Crippen molar-refractivity contribution in [2.24, 2.45) is 0 Å². The van der Waals surface area contributed by atoms with Crippen LogP contribution in [0.3, 0.4) is 0 Å². The molecule has 1 aliphatic heterocycles. The molecular weight excluding hydrogens is 336 g/mol. The quantitative estimate of drug-likeness (QED) is 0.559. The zero-order chi connectivity index (χ0) is 18.2. The van der Waals surface area contributed by atoms with Gasteiger partial charge in [-0.2, -0.15) is 0 Å². The van der Waals surface area contributed by atoms with E-state index in [4.69, 9.17) is 4.74 Å². The van der Waals surface area contributed by atoms with Gasteiger partial charge < -0.3 is 15.4 Å². The van der Waals surface area contributed by atoms with Gasteiger partial charge in [-0.15, -0.1) is 10.2 Å². The van der Waals surface area contributed by atoms with Crippen LogP contribution < -0.4 is 10.6 Å². The molecule has 138 valence electrons. The third-order valence-electron chi connectivity index (χ3n) is 4.07. The van der Waals surface area contributed by atoms with Crippen LogP contribution in [-0.4, -0.2) is 70.9 Å². The molecule has 0 saturated carbocycles. The number of anilines is 1. The van der Waals surface area contributed by atoms with Gasteiger partial charge in [0.15, 0.2) is 0 Å². The third kappa shape index (κ3) is 5.11. The molecule has 9 heteroatoms. The van der Waals surface area contributed by atoms with E-state index in [0.29, 0.717) is 12.2 Å². The number of aromatic nitrogens is 3. The van der Waals surface area contributed by atoms with E-state index in [0.717, 1.165) is 45.0 Å². The summed E-state index contributed by atoms with van der Waals surface area (Å²) in [4.78, 5) is 26.2. The van der Waals surface area contributed by atoms with E-state index < -0.39 is 11.8 Å². The van der Waals surface area contributed by atoms with Crippen LogP contribution >= 0.6 is 0 Å². The van der Waals surface area contributed by atoms with Gasteiger partial charge in [-0.25, -0.2) is 0 Å². The minimum atomic E-state index is -0.683. The number of nitrogens with one attached hydrogen (secondary N) is 2. The first-order chi connectivity index (χ1) is 12.7. The van der Waals surface area contributed by atoms with Crippen molar-refractivity contribution in [2.75, 3.05) is 44.7 Å². The molecule has 0 spiro atoms. The average molecular weight is 358 g/mol. The maximum Gasteiger partial charge on any atom is 0.313 e. The van der Waals surface area contributed by atoms with Crippen molar-refractivity contribution in [1.82, 2.24) is 25.0 Å². The highest BCUT2D eigenvalue weighted by Gasteiger charge is 2.14. The fourth-order valence-electron chi connectivity index (χ4n) is 2.68. The topological polar surface area (TPSA) is 101 Å². The summed E-state index contributed by atoms with van der Waals surface area (Å²) in [5.41, 5.74) is 1.32. The summed E-state index contributed by atoms with van der Waals surface area (Å²) in [6.07, 6.45) is 3.91. The number of carbonyl (C=O) groups excluding carboxylic acids is 2. The Balaban J connectivity index is 1.42. The van der Waals surface area contributed by atoms with Crippen LogP contribution in [-0.2, 0) is 14.3 Å². The fraction of sp³-hybridized carbons (Fsp3) is 0.412. The van der Waals surface area contributed by atoms with Crippen molar-refractivity contribution in [3.05, 3.63) is 36.9 Å². The average Bonchev–Trinajstić information content (AvgIpc) is 3.21. The second kappa shape index (κ2) is 9.07. The molecule has 9 nitrogen and oxygen atoms in total. The molecule has 1 aromatic heterocycles. The van der Waals surface area contributed by atoms with Crippen molar-refractivity contribution in [1.29, 1.82) is 0 Å². The number of ether oxygens (including phenoxy) is 1. The van der Waals surface area contributed by atoms with Gasteiger partial charge in [-0.05, 0) is 31.2 Å². The Morgan fingerprint density at radius 1 is 1.12 bits per heavy atom. The first-order valence-electron chi connectivity index (χ1n) is 8.57. The van der Waals surface area contributed by atoms with Crippen molar-refractivity contribution < 1.29 is 14.3 Å². The molecule has 3 rings (SSSR count). The zero-order valence-electron chi connectivity index (χ0n) is 14.4. The second-order valence-corrected chi connectivity index (χ2v) is 5.94. The van der Waals surface area contributed by atoms with Gasteiger partial charge in [0.2, 0.25) is 0 Å². The maximum atomic E-state index is 12.0. The smallest absolute Gasteiger partial charge is 0.313 e. The lowest BCUT2D eigenvalue weighted by molar-refractivity contribution is -0.136. The van der Waals surface area contributed by atoms with Gasteiger partial charge in [-0.1, -0.05) is 6.07 Å². The van der Waals surface area contributed by atoms with Crippen molar-refractivity contribution in [2.45, 2.75) is 6.42 Å². The van der Waals surface area contributed by atoms with Crippen LogP contribution in [0.25, 0.3) is 5.69 Å². The van der Waals surface area contributed by atoms with Crippen LogP contribution in [0.4, 0.5) is 5.69 Å². The van der Waals surface area contributed by atoms with Crippen LogP contribution in [0.1, 0.15) is 6.42 Å². The Morgan fingerprint density at radius 2 is 1.88 bits per heavy atom. The molecule has 1 aromatic carbocycles. The van der Waals surface area contributed by atoms with E-state index in [2.05, 4.69) is 25.7 Å². The van der Waals surface area contributed by atoms with Gasteiger partial charge in [0.25, 0.3) is 0 Å². The van der Waals surface area contributed by atoms with Crippen LogP contribution in [0.15, 0.2) is 36.9 Å². The molecular formula is C17H22N6O3. The summed E-state index contributed by atoms with van der Waals surface area (Å²) in [5, 5.41) is 12.7. The maximum absolute atomic E-state index is 12.0. The van der Waals surface area contributed by atoms with Crippen molar-refractivity contribution >= 4 is 17.5 Å². The van der Waals surface area contributed by atoms with Crippen LogP contribution in [0.2, 0.25) is 0 Å². The number of rotatable bonds is 6. The highest BCUT2D eigenvalue weighted by molar-refractivity contribution is 6.39. The molecule has 0 radical (unpaired) electrons. The van der Waals surface area contributed by atoms with Crippen LogP contribution in [0, 0.1) is 0 Å². The minimum Gasteiger partial charge on any atom is -0.379 e. The molecule has 2 amide bonds.